The Morgan fingerprint density at radius 2 is 1.53 bits per heavy atom. The molecule has 4 rings (SSSR count). The molecule has 172 valence electrons. The van der Waals surface area contributed by atoms with Crippen LogP contribution in [0.15, 0.2) is 73.3 Å². The van der Waals surface area contributed by atoms with Crippen LogP contribution in [0, 0.1) is 0 Å². The summed E-state index contributed by atoms with van der Waals surface area (Å²) in [4.78, 5) is 0. The fourth-order valence-corrected chi connectivity index (χ4v) is 10.1. The summed E-state index contributed by atoms with van der Waals surface area (Å²) in [5.74, 6) is -0.425. The summed E-state index contributed by atoms with van der Waals surface area (Å²) in [5, 5.41) is 2.60. The number of rotatable bonds is 7. The lowest BCUT2D eigenvalue weighted by Crippen LogP contribution is -2.67. The molecule has 2 aromatic carbocycles. The maximum Gasteiger partial charge on any atom is 0.261 e. The van der Waals surface area contributed by atoms with Crippen LogP contribution in [0.25, 0.3) is 0 Å². The van der Waals surface area contributed by atoms with E-state index in [1.54, 1.807) is 0 Å². The second-order valence-corrected chi connectivity index (χ2v) is 14.6. The van der Waals surface area contributed by atoms with E-state index in [1.807, 2.05) is 6.08 Å². The molecule has 0 aliphatic carbocycles. The molecule has 0 bridgehead atoms. The Balaban J connectivity index is 1.59. The molecule has 3 atom stereocenters. The van der Waals surface area contributed by atoms with Crippen LogP contribution in [-0.4, -0.2) is 32.9 Å². The highest BCUT2D eigenvalue weighted by Crippen LogP contribution is 2.42. The van der Waals surface area contributed by atoms with Gasteiger partial charge in [0.1, 0.15) is 0 Å². The van der Waals surface area contributed by atoms with Gasteiger partial charge < -0.3 is 13.9 Å². The van der Waals surface area contributed by atoms with Crippen LogP contribution in [0.4, 0.5) is 0 Å². The van der Waals surface area contributed by atoms with Gasteiger partial charge in [0.15, 0.2) is 5.79 Å². The third-order valence-corrected chi connectivity index (χ3v) is 12.0. The van der Waals surface area contributed by atoms with Crippen molar-refractivity contribution in [3.8, 4) is 0 Å². The Hall–Kier alpha value is -1.72. The summed E-state index contributed by atoms with van der Waals surface area (Å²) < 4.78 is 20.1. The topological polar surface area (TPSA) is 27.7 Å². The van der Waals surface area contributed by atoms with Crippen molar-refractivity contribution in [1.29, 1.82) is 0 Å². The van der Waals surface area contributed by atoms with Crippen LogP contribution in [0.2, 0.25) is 5.04 Å². The summed E-state index contributed by atoms with van der Waals surface area (Å²) >= 11 is 0. The molecule has 2 aliphatic heterocycles. The first-order valence-electron chi connectivity index (χ1n) is 12.1. The Labute approximate surface area is 194 Å². The molecule has 0 amide bonds. The summed E-state index contributed by atoms with van der Waals surface area (Å²) in [6, 6.07) is 21.7. The molecular formula is C28H38O3Si. The largest absolute Gasteiger partial charge is 0.405 e. The normalized spacial score (nSPS) is 26.3. The number of benzene rings is 2. The standard InChI is InChI=1S/C28H38O3Si/c1-5-13-23-19-21-28(30-23)20-12-14-24(31-28)22-29-32(27(2,3)4,25-15-8-6-9-16-25)26-17-10-7-11-18-26/h5-11,15-18,23-24H,1,12-14,19-22H2,2-4H3/t23-,24+,28+/m1/s1. The third kappa shape index (κ3) is 4.65. The predicted molar refractivity (Wildman–Crippen MR) is 134 cm³/mol. The summed E-state index contributed by atoms with van der Waals surface area (Å²) in [7, 11) is -2.54. The van der Waals surface area contributed by atoms with Crippen LogP contribution >= 0.6 is 0 Å². The van der Waals surface area contributed by atoms with Crippen molar-refractivity contribution in [1.82, 2.24) is 0 Å². The maximum absolute atomic E-state index is 7.13. The molecule has 2 aliphatic rings. The lowest BCUT2D eigenvalue weighted by atomic mass is 9.99. The minimum atomic E-state index is -2.54. The summed E-state index contributed by atoms with van der Waals surface area (Å²) in [5.41, 5.74) is 0. The third-order valence-electron chi connectivity index (χ3n) is 7.03. The average molecular weight is 451 g/mol. The molecular weight excluding hydrogens is 412 g/mol. The minimum absolute atomic E-state index is 0.0268. The van der Waals surface area contributed by atoms with Gasteiger partial charge in [-0.15, -0.1) is 6.58 Å². The first-order valence-corrected chi connectivity index (χ1v) is 14.0. The lowest BCUT2D eigenvalue weighted by Gasteiger charge is -2.45. The van der Waals surface area contributed by atoms with Gasteiger partial charge in [-0.1, -0.05) is 87.5 Å². The van der Waals surface area contributed by atoms with Gasteiger partial charge in [0.25, 0.3) is 8.32 Å². The Morgan fingerprint density at radius 3 is 2.09 bits per heavy atom. The van der Waals surface area contributed by atoms with E-state index in [9.17, 15) is 0 Å². The SMILES string of the molecule is C=CC[C@@H]1CC[C@@]2(CCC[C@@H](CO[Si](c3ccccc3)(c3ccccc3)C(C)(C)C)O2)O1. The predicted octanol–water partition coefficient (Wildman–Crippen LogP) is 5.58. The molecule has 1 spiro atoms. The summed E-state index contributed by atoms with van der Waals surface area (Å²) in [6.45, 7) is 11.4. The van der Waals surface area contributed by atoms with Crippen LogP contribution in [0.3, 0.4) is 0 Å². The maximum atomic E-state index is 7.13. The van der Waals surface area contributed by atoms with E-state index < -0.39 is 14.1 Å². The monoisotopic (exact) mass is 450 g/mol. The van der Waals surface area contributed by atoms with Gasteiger partial charge in [0.2, 0.25) is 0 Å². The highest BCUT2D eigenvalue weighted by atomic mass is 28.4. The van der Waals surface area contributed by atoms with Crippen molar-refractivity contribution in [2.24, 2.45) is 0 Å². The van der Waals surface area contributed by atoms with Gasteiger partial charge in [-0.05, 0) is 41.1 Å². The van der Waals surface area contributed by atoms with E-state index >= 15 is 0 Å². The average Bonchev–Trinajstić information content (AvgIpc) is 3.16. The Morgan fingerprint density at radius 1 is 0.938 bits per heavy atom. The Kier molecular flexibility index (Phi) is 7.06. The smallest absolute Gasteiger partial charge is 0.261 e. The molecule has 0 unspecified atom stereocenters. The number of hydrogen-bond donors (Lipinski definition) is 0. The van der Waals surface area contributed by atoms with Crippen molar-refractivity contribution >= 4 is 18.7 Å². The van der Waals surface area contributed by atoms with E-state index in [1.165, 1.54) is 10.4 Å². The molecule has 0 radical (unpaired) electrons. The zero-order valence-corrected chi connectivity index (χ0v) is 20.9. The fraction of sp³-hybridized carbons (Fsp3) is 0.500. The highest BCUT2D eigenvalue weighted by Gasteiger charge is 2.51. The molecule has 2 aromatic rings. The van der Waals surface area contributed by atoms with Crippen molar-refractivity contribution < 1.29 is 13.9 Å². The van der Waals surface area contributed by atoms with Gasteiger partial charge >= 0.3 is 0 Å². The van der Waals surface area contributed by atoms with Gasteiger partial charge in [-0.25, -0.2) is 0 Å². The molecule has 32 heavy (non-hydrogen) atoms. The lowest BCUT2D eigenvalue weighted by molar-refractivity contribution is -0.273. The van der Waals surface area contributed by atoms with Gasteiger partial charge in [0.05, 0.1) is 18.8 Å². The molecule has 0 aromatic heterocycles. The zero-order chi connectivity index (χ0) is 22.7. The van der Waals surface area contributed by atoms with Crippen LogP contribution in [-0.2, 0) is 13.9 Å². The first kappa shape index (κ1) is 23.4. The van der Waals surface area contributed by atoms with Gasteiger partial charge in [0, 0.05) is 12.8 Å². The van der Waals surface area contributed by atoms with Crippen molar-refractivity contribution in [2.75, 3.05) is 6.61 Å². The van der Waals surface area contributed by atoms with Crippen LogP contribution < -0.4 is 10.4 Å². The molecule has 4 heteroatoms. The molecule has 0 saturated carbocycles. The fourth-order valence-electron chi connectivity index (χ4n) is 5.54. The minimum Gasteiger partial charge on any atom is -0.405 e. The van der Waals surface area contributed by atoms with Gasteiger partial charge in [-0.3, -0.25) is 0 Å². The van der Waals surface area contributed by atoms with Crippen molar-refractivity contribution in [3.63, 3.8) is 0 Å². The molecule has 2 saturated heterocycles. The van der Waals surface area contributed by atoms with E-state index in [2.05, 4.69) is 88.0 Å². The zero-order valence-electron chi connectivity index (χ0n) is 19.9. The van der Waals surface area contributed by atoms with E-state index in [-0.39, 0.29) is 17.2 Å². The van der Waals surface area contributed by atoms with Crippen LogP contribution in [0.1, 0.15) is 59.3 Å². The number of ether oxygens (including phenoxy) is 2. The van der Waals surface area contributed by atoms with Crippen molar-refractivity contribution in [3.05, 3.63) is 73.3 Å². The molecule has 2 fully saturated rings. The quantitative estimate of drug-likeness (QED) is 0.407. The van der Waals surface area contributed by atoms with E-state index in [0.717, 1.165) is 38.5 Å². The van der Waals surface area contributed by atoms with Gasteiger partial charge in [-0.2, -0.15) is 0 Å². The van der Waals surface area contributed by atoms with E-state index in [4.69, 9.17) is 13.9 Å². The molecule has 2 heterocycles. The molecule has 0 N–H and O–H groups in total. The highest BCUT2D eigenvalue weighted by molar-refractivity contribution is 6.99. The second-order valence-electron chi connectivity index (χ2n) is 10.3. The van der Waals surface area contributed by atoms with E-state index in [0.29, 0.717) is 6.61 Å². The van der Waals surface area contributed by atoms with Crippen LogP contribution in [0.5, 0.6) is 0 Å². The summed E-state index contributed by atoms with van der Waals surface area (Å²) in [6.07, 6.45) is 8.30. The van der Waals surface area contributed by atoms with Crippen molar-refractivity contribution in [2.45, 2.75) is 82.3 Å². The number of hydrogen-bond acceptors (Lipinski definition) is 3. The second kappa shape index (κ2) is 9.64. The first-order chi connectivity index (χ1) is 15.4. The Bertz CT molecular complexity index is 837. The molecule has 3 nitrogen and oxygen atoms in total.